The third-order valence-electron chi connectivity index (χ3n) is 4.16. The van der Waals surface area contributed by atoms with E-state index in [-0.39, 0.29) is 18.1 Å². The van der Waals surface area contributed by atoms with E-state index in [1.807, 2.05) is 23.1 Å². The first kappa shape index (κ1) is 12.3. The highest BCUT2D eigenvalue weighted by atomic mass is 16.3. The monoisotopic (exact) mass is 261 g/mol. The zero-order valence-corrected chi connectivity index (χ0v) is 11.0. The second-order valence-corrected chi connectivity index (χ2v) is 5.30. The first-order chi connectivity index (χ1) is 9.15. The molecular weight excluding hydrogens is 242 g/mol. The fraction of sp³-hybridized carbons (Fsp3) is 0.500. The topological polar surface area (TPSA) is 55.8 Å². The molecule has 2 unspecified atom stereocenters. The molecule has 1 aromatic rings. The number of piperazine rings is 1. The molecular formula is C14H19N3O2. The van der Waals surface area contributed by atoms with Gasteiger partial charge in [0, 0.05) is 32.2 Å². The van der Waals surface area contributed by atoms with E-state index in [0.717, 1.165) is 31.7 Å². The van der Waals surface area contributed by atoms with Gasteiger partial charge >= 0.3 is 6.03 Å². The van der Waals surface area contributed by atoms with Crippen LogP contribution in [0.25, 0.3) is 0 Å². The van der Waals surface area contributed by atoms with Crippen LogP contribution < -0.4 is 5.32 Å². The predicted molar refractivity (Wildman–Crippen MR) is 72.0 cm³/mol. The summed E-state index contributed by atoms with van der Waals surface area (Å²) in [6, 6.07) is 8.01. The van der Waals surface area contributed by atoms with Gasteiger partial charge in [-0.2, -0.15) is 0 Å². The number of fused-ring (bicyclic) bond motifs is 1. The number of aromatic hydroxyl groups is 1. The molecule has 0 spiro atoms. The van der Waals surface area contributed by atoms with Crippen molar-refractivity contribution in [3.8, 4) is 5.75 Å². The lowest BCUT2D eigenvalue weighted by atomic mass is 10.0. The average molecular weight is 261 g/mol. The van der Waals surface area contributed by atoms with Crippen LogP contribution in [0.1, 0.15) is 18.5 Å². The van der Waals surface area contributed by atoms with Gasteiger partial charge in [-0.05, 0) is 24.6 Å². The highest BCUT2D eigenvalue weighted by Gasteiger charge is 2.36. The summed E-state index contributed by atoms with van der Waals surface area (Å²) in [4.78, 5) is 15.9. The molecule has 2 aliphatic heterocycles. The van der Waals surface area contributed by atoms with Gasteiger partial charge in [-0.25, -0.2) is 4.79 Å². The lowest BCUT2D eigenvalue weighted by Crippen LogP contribution is -2.52. The molecule has 2 amide bonds. The number of hydrogen-bond donors (Lipinski definition) is 2. The second-order valence-electron chi connectivity index (χ2n) is 5.30. The summed E-state index contributed by atoms with van der Waals surface area (Å²) in [5.41, 5.74) is 1.12. The van der Waals surface area contributed by atoms with E-state index in [1.54, 1.807) is 6.07 Å². The number of hydrogen-bond acceptors (Lipinski definition) is 3. The molecule has 2 aliphatic rings. The number of phenols is 1. The Morgan fingerprint density at radius 3 is 3.05 bits per heavy atom. The summed E-state index contributed by atoms with van der Waals surface area (Å²) in [6.45, 7) is 5.42. The van der Waals surface area contributed by atoms with Crippen LogP contribution in [-0.4, -0.2) is 53.2 Å². The number of amides is 2. The number of carbonyl (C=O) groups excluding carboxylic acids is 1. The van der Waals surface area contributed by atoms with Gasteiger partial charge in [-0.15, -0.1) is 0 Å². The van der Waals surface area contributed by atoms with Gasteiger partial charge in [-0.1, -0.05) is 12.1 Å². The Kier molecular flexibility index (Phi) is 3.06. The Bertz CT molecular complexity index is 491. The van der Waals surface area contributed by atoms with E-state index < -0.39 is 0 Å². The molecule has 3 rings (SSSR count). The fourth-order valence-electron chi connectivity index (χ4n) is 2.98. The van der Waals surface area contributed by atoms with Crippen molar-refractivity contribution in [1.82, 2.24) is 15.1 Å². The van der Waals surface area contributed by atoms with Crippen molar-refractivity contribution in [3.05, 3.63) is 29.8 Å². The summed E-state index contributed by atoms with van der Waals surface area (Å²) in [6.07, 6.45) is 0. The largest absolute Gasteiger partial charge is 0.508 e. The third-order valence-corrected chi connectivity index (χ3v) is 4.16. The number of phenolic OH excluding ortho intramolecular Hbond substituents is 1. The molecule has 2 N–H and O–H groups in total. The van der Waals surface area contributed by atoms with Gasteiger partial charge in [-0.3, -0.25) is 4.90 Å². The summed E-state index contributed by atoms with van der Waals surface area (Å²) in [5, 5.41) is 12.5. The zero-order valence-electron chi connectivity index (χ0n) is 11.0. The molecule has 2 heterocycles. The predicted octanol–water partition coefficient (Wildman–Crippen LogP) is 1.16. The highest BCUT2D eigenvalue weighted by Crippen LogP contribution is 2.26. The van der Waals surface area contributed by atoms with Gasteiger partial charge in [0.15, 0.2) is 0 Å². The Labute approximate surface area is 112 Å². The van der Waals surface area contributed by atoms with Crippen molar-refractivity contribution in [3.63, 3.8) is 0 Å². The number of benzene rings is 1. The summed E-state index contributed by atoms with van der Waals surface area (Å²) >= 11 is 0. The van der Waals surface area contributed by atoms with E-state index in [2.05, 4.69) is 17.1 Å². The molecule has 0 radical (unpaired) electrons. The third kappa shape index (κ3) is 2.26. The Morgan fingerprint density at radius 2 is 2.26 bits per heavy atom. The molecule has 2 atom stereocenters. The van der Waals surface area contributed by atoms with Crippen molar-refractivity contribution in [2.45, 2.75) is 19.0 Å². The summed E-state index contributed by atoms with van der Waals surface area (Å²) in [5.74, 6) is 0.306. The zero-order chi connectivity index (χ0) is 13.4. The van der Waals surface area contributed by atoms with E-state index in [4.69, 9.17) is 0 Å². The summed E-state index contributed by atoms with van der Waals surface area (Å²) in [7, 11) is 0. The number of urea groups is 1. The SMILES string of the molecule is CC(c1cccc(O)c1)N1CCN2C(=O)NCC2C1. The Hall–Kier alpha value is -1.75. The Balaban J connectivity index is 1.72. The minimum atomic E-state index is 0.0645. The van der Waals surface area contributed by atoms with Gasteiger partial charge in [0.2, 0.25) is 0 Å². The van der Waals surface area contributed by atoms with E-state index in [1.165, 1.54) is 0 Å². The quantitative estimate of drug-likeness (QED) is 0.840. The normalized spacial score (nSPS) is 25.0. The first-order valence-corrected chi connectivity index (χ1v) is 6.72. The van der Waals surface area contributed by atoms with Gasteiger partial charge in [0.25, 0.3) is 0 Å². The number of nitrogens with zero attached hydrogens (tertiary/aromatic N) is 2. The lowest BCUT2D eigenvalue weighted by Gasteiger charge is -2.39. The van der Waals surface area contributed by atoms with Crippen LogP contribution in [-0.2, 0) is 0 Å². The summed E-state index contributed by atoms with van der Waals surface area (Å²) < 4.78 is 0. The number of rotatable bonds is 2. The fourth-order valence-corrected chi connectivity index (χ4v) is 2.98. The maximum absolute atomic E-state index is 11.6. The van der Waals surface area contributed by atoms with Crippen LogP contribution in [0.3, 0.4) is 0 Å². The molecule has 19 heavy (non-hydrogen) atoms. The van der Waals surface area contributed by atoms with E-state index in [9.17, 15) is 9.90 Å². The van der Waals surface area contributed by atoms with Crippen molar-refractivity contribution >= 4 is 6.03 Å². The minimum Gasteiger partial charge on any atom is -0.508 e. The smallest absolute Gasteiger partial charge is 0.317 e. The molecule has 5 heteroatoms. The maximum atomic E-state index is 11.6. The molecule has 0 aromatic heterocycles. The molecule has 0 aliphatic carbocycles. The number of carbonyl (C=O) groups is 1. The van der Waals surface area contributed by atoms with E-state index in [0.29, 0.717) is 5.75 Å². The van der Waals surface area contributed by atoms with Crippen molar-refractivity contribution in [1.29, 1.82) is 0 Å². The molecule has 0 bridgehead atoms. The maximum Gasteiger partial charge on any atom is 0.317 e. The molecule has 1 aromatic carbocycles. The molecule has 2 fully saturated rings. The second kappa shape index (κ2) is 4.74. The van der Waals surface area contributed by atoms with Crippen LogP contribution in [0.2, 0.25) is 0 Å². The van der Waals surface area contributed by atoms with Crippen molar-refractivity contribution in [2.24, 2.45) is 0 Å². The van der Waals surface area contributed by atoms with Crippen LogP contribution in [0.15, 0.2) is 24.3 Å². The molecule has 102 valence electrons. The van der Waals surface area contributed by atoms with Crippen LogP contribution in [0.4, 0.5) is 4.79 Å². The van der Waals surface area contributed by atoms with Gasteiger partial charge < -0.3 is 15.3 Å². The van der Waals surface area contributed by atoms with Crippen molar-refractivity contribution < 1.29 is 9.90 Å². The lowest BCUT2D eigenvalue weighted by molar-refractivity contribution is 0.0938. The first-order valence-electron chi connectivity index (χ1n) is 6.72. The Morgan fingerprint density at radius 1 is 1.42 bits per heavy atom. The van der Waals surface area contributed by atoms with Crippen molar-refractivity contribution in [2.75, 3.05) is 26.2 Å². The highest BCUT2D eigenvalue weighted by molar-refractivity contribution is 5.77. The van der Waals surface area contributed by atoms with Gasteiger partial charge in [0.1, 0.15) is 5.75 Å². The molecule has 2 saturated heterocycles. The average Bonchev–Trinajstić information content (AvgIpc) is 2.79. The van der Waals surface area contributed by atoms with E-state index >= 15 is 0 Å². The minimum absolute atomic E-state index is 0.0645. The van der Waals surface area contributed by atoms with Crippen LogP contribution in [0, 0.1) is 0 Å². The van der Waals surface area contributed by atoms with Gasteiger partial charge in [0.05, 0.1) is 6.04 Å². The van der Waals surface area contributed by atoms with Crippen LogP contribution >= 0.6 is 0 Å². The molecule has 0 saturated carbocycles. The molecule has 5 nitrogen and oxygen atoms in total. The number of nitrogens with one attached hydrogen (secondary N) is 1. The standard InChI is InChI=1S/C14H19N3O2/c1-10(11-3-2-4-13(18)7-11)16-5-6-17-12(9-16)8-15-14(17)19/h2-4,7,10,12,18H,5-6,8-9H2,1H3,(H,15,19). The van der Waals surface area contributed by atoms with Crippen LogP contribution in [0.5, 0.6) is 5.75 Å².